The average molecular weight is 287 g/mol. The van der Waals surface area contributed by atoms with Gasteiger partial charge in [-0.3, -0.25) is 4.79 Å². The molecule has 1 aliphatic rings. The summed E-state index contributed by atoms with van der Waals surface area (Å²) in [4.78, 5) is 12.2. The van der Waals surface area contributed by atoms with Gasteiger partial charge in [0.15, 0.2) is 0 Å². The summed E-state index contributed by atoms with van der Waals surface area (Å²) in [6, 6.07) is 9.31. The maximum Gasteiger partial charge on any atom is 0.241 e. The summed E-state index contributed by atoms with van der Waals surface area (Å²) in [5, 5.41) is 14.6. The molecule has 1 amide bonds. The lowest BCUT2D eigenvalue weighted by Gasteiger charge is -2.16. The lowest BCUT2D eigenvalue weighted by molar-refractivity contribution is -0.118. The van der Waals surface area contributed by atoms with Gasteiger partial charge in [-0.05, 0) is 37.4 Å². The lowest BCUT2D eigenvalue weighted by atomic mass is 10.0. The van der Waals surface area contributed by atoms with Crippen molar-refractivity contribution in [3.63, 3.8) is 0 Å². The van der Waals surface area contributed by atoms with Crippen molar-refractivity contribution in [2.24, 2.45) is 5.92 Å². The van der Waals surface area contributed by atoms with Crippen LogP contribution in [0.25, 0.3) is 0 Å². The van der Waals surface area contributed by atoms with Gasteiger partial charge in [-0.15, -0.1) is 0 Å². The highest BCUT2D eigenvalue weighted by Gasteiger charge is 2.29. The number of unbranched alkanes of at least 4 members (excludes halogenated alkanes) is 1. The molecule has 0 radical (unpaired) electrons. The Morgan fingerprint density at radius 2 is 2.43 bits per heavy atom. The zero-order chi connectivity index (χ0) is 15.1. The predicted octanol–water partition coefficient (Wildman–Crippen LogP) is 2.31. The number of nitrogens with zero attached hydrogens (tertiary/aromatic N) is 1. The van der Waals surface area contributed by atoms with Crippen LogP contribution in [-0.2, 0) is 4.79 Å². The molecule has 1 aromatic rings. The molecule has 1 heterocycles. The van der Waals surface area contributed by atoms with Crippen LogP contribution in [0.1, 0.15) is 26.2 Å². The number of anilines is 1. The Morgan fingerprint density at radius 3 is 3.14 bits per heavy atom. The summed E-state index contributed by atoms with van der Waals surface area (Å²) in [5.74, 6) is 1.07. The summed E-state index contributed by atoms with van der Waals surface area (Å²) in [6.07, 6.45) is 2.22. The lowest BCUT2D eigenvalue weighted by Crippen LogP contribution is -2.39. The van der Waals surface area contributed by atoms with Crippen LogP contribution in [0.5, 0.6) is 5.75 Å². The summed E-state index contributed by atoms with van der Waals surface area (Å²) in [6.45, 7) is 3.48. The molecule has 0 saturated carbocycles. The van der Waals surface area contributed by atoms with Crippen LogP contribution in [0, 0.1) is 17.2 Å². The van der Waals surface area contributed by atoms with Crippen molar-refractivity contribution in [2.45, 2.75) is 32.2 Å². The number of rotatable bonds is 6. The van der Waals surface area contributed by atoms with Gasteiger partial charge >= 0.3 is 0 Å². The number of amides is 1. The number of nitrogens with one attached hydrogen (secondary N) is 2. The molecule has 2 unspecified atom stereocenters. The molecule has 1 aromatic carbocycles. The molecule has 1 saturated heterocycles. The number of hydrogen-bond acceptors (Lipinski definition) is 4. The maximum atomic E-state index is 12.2. The minimum absolute atomic E-state index is 0.00151. The van der Waals surface area contributed by atoms with Crippen molar-refractivity contribution in [1.29, 1.82) is 5.26 Å². The number of nitriles is 1. The Hall–Kier alpha value is -2.06. The second-order valence-corrected chi connectivity index (χ2v) is 5.32. The zero-order valence-electron chi connectivity index (χ0n) is 12.3. The van der Waals surface area contributed by atoms with Crippen LogP contribution < -0.4 is 15.4 Å². The van der Waals surface area contributed by atoms with Crippen LogP contribution in [-0.4, -0.2) is 25.1 Å². The third kappa shape index (κ3) is 4.47. The summed E-state index contributed by atoms with van der Waals surface area (Å²) < 4.78 is 5.56. The average Bonchev–Trinajstić information content (AvgIpc) is 2.90. The normalized spacial score (nSPS) is 20.8. The van der Waals surface area contributed by atoms with Crippen LogP contribution in [0.4, 0.5) is 5.69 Å². The molecule has 0 aliphatic carbocycles. The highest BCUT2D eigenvalue weighted by molar-refractivity contribution is 5.95. The van der Waals surface area contributed by atoms with E-state index in [1.54, 1.807) is 0 Å². The van der Waals surface area contributed by atoms with Crippen LogP contribution in [0.2, 0.25) is 0 Å². The SMILES string of the molecule is CC1CCNC1C(=O)Nc1cccc(OCCCC#N)c1. The number of benzene rings is 1. The van der Waals surface area contributed by atoms with E-state index in [1.165, 1.54) is 0 Å². The van der Waals surface area contributed by atoms with Gasteiger partial charge in [0.1, 0.15) is 5.75 Å². The van der Waals surface area contributed by atoms with Crippen molar-refractivity contribution < 1.29 is 9.53 Å². The monoisotopic (exact) mass is 287 g/mol. The molecule has 1 fully saturated rings. The van der Waals surface area contributed by atoms with Crippen LogP contribution in [0.15, 0.2) is 24.3 Å². The van der Waals surface area contributed by atoms with Crippen molar-refractivity contribution in [3.05, 3.63) is 24.3 Å². The number of hydrogen-bond donors (Lipinski definition) is 2. The Morgan fingerprint density at radius 1 is 1.57 bits per heavy atom. The molecule has 0 bridgehead atoms. The minimum Gasteiger partial charge on any atom is -0.493 e. The summed E-state index contributed by atoms with van der Waals surface area (Å²) >= 11 is 0. The van der Waals surface area contributed by atoms with E-state index in [-0.39, 0.29) is 11.9 Å². The first-order valence-electron chi connectivity index (χ1n) is 7.35. The van der Waals surface area contributed by atoms with E-state index >= 15 is 0 Å². The van der Waals surface area contributed by atoms with Crippen molar-refractivity contribution in [3.8, 4) is 11.8 Å². The summed E-state index contributed by atoms with van der Waals surface area (Å²) in [7, 11) is 0. The number of ether oxygens (including phenoxy) is 1. The molecule has 0 aromatic heterocycles. The molecule has 2 N–H and O–H groups in total. The fourth-order valence-corrected chi connectivity index (χ4v) is 2.41. The maximum absolute atomic E-state index is 12.2. The van der Waals surface area contributed by atoms with Crippen molar-refractivity contribution in [2.75, 3.05) is 18.5 Å². The molecule has 0 spiro atoms. The van der Waals surface area contributed by atoms with Gasteiger partial charge in [-0.1, -0.05) is 13.0 Å². The van der Waals surface area contributed by atoms with Crippen LogP contribution in [0.3, 0.4) is 0 Å². The first kappa shape index (κ1) is 15.3. The van der Waals surface area contributed by atoms with Crippen molar-refractivity contribution in [1.82, 2.24) is 5.32 Å². The van der Waals surface area contributed by atoms with E-state index in [2.05, 4.69) is 23.6 Å². The van der Waals surface area contributed by atoms with E-state index in [9.17, 15) is 4.79 Å². The minimum atomic E-state index is -0.120. The topological polar surface area (TPSA) is 74.2 Å². The van der Waals surface area contributed by atoms with Gasteiger partial charge in [0, 0.05) is 18.2 Å². The third-order valence-electron chi connectivity index (χ3n) is 3.62. The molecular formula is C16H21N3O2. The van der Waals surface area contributed by atoms with E-state index in [0.29, 0.717) is 31.1 Å². The molecule has 2 atom stereocenters. The zero-order valence-corrected chi connectivity index (χ0v) is 12.3. The van der Waals surface area contributed by atoms with Gasteiger partial charge in [-0.25, -0.2) is 0 Å². The van der Waals surface area contributed by atoms with E-state index < -0.39 is 0 Å². The first-order chi connectivity index (χ1) is 10.2. The molecule has 5 nitrogen and oxygen atoms in total. The molecule has 5 heteroatoms. The van der Waals surface area contributed by atoms with Gasteiger partial charge < -0.3 is 15.4 Å². The highest BCUT2D eigenvalue weighted by atomic mass is 16.5. The fraction of sp³-hybridized carbons (Fsp3) is 0.500. The Balaban J connectivity index is 1.88. The van der Waals surface area contributed by atoms with E-state index in [4.69, 9.17) is 10.00 Å². The van der Waals surface area contributed by atoms with Gasteiger partial charge in [-0.2, -0.15) is 5.26 Å². The molecular weight excluding hydrogens is 266 g/mol. The molecule has 21 heavy (non-hydrogen) atoms. The van der Waals surface area contributed by atoms with E-state index in [1.807, 2.05) is 24.3 Å². The first-order valence-corrected chi connectivity index (χ1v) is 7.35. The Bertz CT molecular complexity index is 524. The highest BCUT2D eigenvalue weighted by Crippen LogP contribution is 2.20. The van der Waals surface area contributed by atoms with Gasteiger partial charge in [0.2, 0.25) is 5.91 Å². The molecule has 1 aliphatic heterocycles. The molecule has 2 rings (SSSR count). The second kappa shape index (κ2) is 7.65. The third-order valence-corrected chi connectivity index (χ3v) is 3.62. The van der Waals surface area contributed by atoms with Gasteiger partial charge in [0.05, 0.1) is 18.7 Å². The molecule has 112 valence electrons. The smallest absolute Gasteiger partial charge is 0.241 e. The summed E-state index contributed by atoms with van der Waals surface area (Å²) in [5.41, 5.74) is 0.735. The quantitative estimate of drug-likeness (QED) is 0.787. The number of carbonyl (C=O) groups excluding carboxylic acids is 1. The van der Waals surface area contributed by atoms with E-state index in [0.717, 1.165) is 18.7 Å². The predicted molar refractivity (Wildman–Crippen MR) is 81.0 cm³/mol. The fourth-order valence-electron chi connectivity index (χ4n) is 2.41. The largest absolute Gasteiger partial charge is 0.493 e. The van der Waals surface area contributed by atoms with Crippen LogP contribution >= 0.6 is 0 Å². The second-order valence-electron chi connectivity index (χ2n) is 5.32. The van der Waals surface area contributed by atoms with Crippen molar-refractivity contribution >= 4 is 11.6 Å². The Kier molecular flexibility index (Phi) is 5.59. The Labute approximate surface area is 125 Å². The number of carbonyl (C=O) groups is 1. The standard InChI is InChI=1S/C16H21N3O2/c1-12-7-9-18-15(12)16(20)19-13-5-4-6-14(11-13)21-10-3-2-8-17/h4-6,11-12,15,18H,2-3,7,9-10H2,1H3,(H,19,20). The van der Waals surface area contributed by atoms with Gasteiger partial charge in [0.25, 0.3) is 0 Å².